The number of amides is 1. The Morgan fingerprint density at radius 1 is 0.935 bits per heavy atom. The number of hydrogen-bond donors (Lipinski definition) is 1. The molecule has 5 nitrogen and oxygen atoms in total. The van der Waals surface area contributed by atoms with Gasteiger partial charge in [-0.2, -0.15) is 0 Å². The van der Waals surface area contributed by atoms with E-state index >= 15 is 0 Å². The zero-order valence-corrected chi connectivity index (χ0v) is 16.7. The van der Waals surface area contributed by atoms with E-state index in [1.54, 1.807) is 18.3 Å². The summed E-state index contributed by atoms with van der Waals surface area (Å²) >= 11 is 0. The Morgan fingerprint density at radius 3 is 2.45 bits per heavy atom. The van der Waals surface area contributed by atoms with Crippen LogP contribution in [-0.2, 0) is 11.2 Å². The predicted octanol–water partition coefficient (Wildman–Crippen LogP) is 3.57. The second-order valence-corrected chi connectivity index (χ2v) is 6.94. The highest BCUT2D eigenvalue weighted by atomic mass is 16.2. The zero-order valence-electron chi connectivity index (χ0n) is 16.7. The van der Waals surface area contributed by atoms with Gasteiger partial charge in [-0.15, -0.1) is 0 Å². The van der Waals surface area contributed by atoms with Crippen LogP contribution in [0.1, 0.15) is 27.3 Å². The van der Waals surface area contributed by atoms with Crippen molar-refractivity contribution < 1.29 is 9.59 Å². The Bertz CT molecular complexity index is 1280. The Hall–Kier alpha value is -4.30. The van der Waals surface area contributed by atoms with Crippen molar-refractivity contribution >= 4 is 23.1 Å². The van der Waals surface area contributed by atoms with Crippen molar-refractivity contribution in [2.45, 2.75) is 12.5 Å². The molecule has 2 aromatic carbocycles. The van der Waals surface area contributed by atoms with Gasteiger partial charge in [-0.1, -0.05) is 54.6 Å². The lowest BCUT2D eigenvalue weighted by molar-refractivity contribution is -0.109. The van der Waals surface area contributed by atoms with Crippen LogP contribution >= 0.6 is 0 Å². The standard InChI is InChI=1S/C26H19N3O2/c30-18-22(16-19-8-2-1-3-9-19)29-26(31)24-17-21(14-13-20-10-6-7-15-27-20)28-25-12-5-4-11-23(24)25/h1-12,15,17-18,22H,16H2,(H,29,31)/t22-/m0/s1. The molecule has 0 aliphatic rings. The van der Waals surface area contributed by atoms with Crippen molar-refractivity contribution in [2.75, 3.05) is 0 Å². The largest absolute Gasteiger partial charge is 0.342 e. The van der Waals surface area contributed by atoms with Crippen molar-refractivity contribution in [3.05, 3.63) is 108 Å². The number of pyridine rings is 2. The molecule has 0 fully saturated rings. The van der Waals surface area contributed by atoms with Gasteiger partial charge in [-0.05, 0) is 48.1 Å². The SMILES string of the molecule is O=C[C@H](Cc1ccccc1)NC(=O)c1cc(C#Cc2ccccn2)nc2ccccc12. The summed E-state index contributed by atoms with van der Waals surface area (Å²) in [5, 5.41) is 3.53. The molecule has 0 saturated heterocycles. The minimum atomic E-state index is -0.634. The molecule has 31 heavy (non-hydrogen) atoms. The van der Waals surface area contributed by atoms with E-state index in [-0.39, 0.29) is 5.91 Å². The second-order valence-electron chi connectivity index (χ2n) is 6.94. The average molecular weight is 405 g/mol. The first-order valence-electron chi connectivity index (χ1n) is 9.86. The van der Waals surface area contributed by atoms with Gasteiger partial charge in [-0.25, -0.2) is 9.97 Å². The molecule has 1 atom stereocenters. The predicted molar refractivity (Wildman–Crippen MR) is 119 cm³/mol. The lowest BCUT2D eigenvalue weighted by Gasteiger charge is -2.14. The lowest BCUT2D eigenvalue weighted by Crippen LogP contribution is -2.37. The number of aromatic nitrogens is 2. The minimum Gasteiger partial charge on any atom is -0.342 e. The molecule has 2 heterocycles. The maximum atomic E-state index is 13.1. The third-order valence-electron chi connectivity index (χ3n) is 4.72. The third-order valence-corrected chi connectivity index (χ3v) is 4.72. The summed E-state index contributed by atoms with van der Waals surface area (Å²) in [6, 6.07) is 23.4. The molecular formula is C26H19N3O2. The van der Waals surface area contributed by atoms with Crippen LogP contribution in [0.3, 0.4) is 0 Å². The van der Waals surface area contributed by atoms with Gasteiger partial charge in [0, 0.05) is 11.6 Å². The maximum absolute atomic E-state index is 13.1. The van der Waals surface area contributed by atoms with Gasteiger partial charge in [0.15, 0.2) is 0 Å². The number of fused-ring (bicyclic) bond motifs is 1. The molecule has 0 radical (unpaired) electrons. The molecule has 0 unspecified atom stereocenters. The Morgan fingerprint density at radius 2 is 1.68 bits per heavy atom. The molecule has 1 N–H and O–H groups in total. The van der Waals surface area contributed by atoms with Gasteiger partial charge >= 0.3 is 0 Å². The van der Waals surface area contributed by atoms with Crippen LogP contribution in [0, 0.1) is 11.8 Å². The molecule has 4 aromatic rings. The van der Waals surface area contributed by atoms with E-state index in [4.69, 9.17) is 0 Å². The summed E-state index contributed by atoms with van der Waals surface area (Å²) in [5.74, 6) is 5.61. The average Bonchev–Trinajstić information content (AvgIpc) is 2.83. The number of hydrogen-bond acceptors (Lipinski definition) is 4. The quantitative estimate of drug-likeness (QED) is 0.407. The van der Waals surface area contributed by atoms with E-state index < -0.39 is 6.04 Å². The van der Waals surface area contributed by atoms with Gasteiger partial charge < -0.3 is 10.1 Å². The monoisotopic (exact) mass is 405 g/mol. The number of aldehydes is 1. The molecule has 0 saturated carbocycles. The number of benzene rings is 2. The summed E-state index contributed by atoms with van der Waals surface area (Å²) in [6.45, 7) is 0. The molecular weight excluding hydrogens is 386 g/mol. The van der Waals surface area contributed by atoms with Crippen LogP contribution in [0.2, 0.25) is 0 Å². The van der Waals surface area contributed by atoms with E-state index in [2.05, 4.69) is 27.1 Å². The number of rotatable bonds is 5. The molecule has 0 aliphatic heterocycles. The number of para-hydroxylation sites is 1. The Balaban J connectivity index is 1.64. The molecule has 0 bridgehead atoms. The fourth-order valence-corrected chi connectivity index (χ4v) is 3.24. The van der Waals surface area contributed by atoms with Crippen LogP contribution in [-0.4, -0.2) is 28.2 Å². The van der Waals surface area contributed by atoms with Crippen molar-refractivity contribution in [1.82, 2.24) is 15.3 Å². The molecule has 150 valence electrons. The highest BCUT2D eigenvalue weighted by Gasteiger charge is 2.17. The minimum absolute atomic E-state index is 0.340. The van der Waals surface area contributed by atoms with E-state index in [9.17, 15) is 9.59 Å². The summed E-state index contributed by atoms with van der Waals surface area (Å²) in [7, 11) is 0. The van der Waals surface area contributed by atoms with Gasteiger partial charge in [0.2, 0.25) is 0 Å². The first kappa shape index (κ1) is 20.0. The Kier molecular flexibility index (Phi) is 6.10. The van der Waals surface area contributed by atoms with E-state index in [0.29, 0.717) is 34.3 Å². The zero-order chi connectivity index (χ0) is 21.5. The normalized spacial score (nSPS) is 11.2. The summed E-state index contributed by atoms with van der Waals surface area (Å²) in [6.07, 6.45) is 2.85. The first-order chi connectivity index (χ1) is 15.2. The van der Waals surface area contributed by atoms with E-state index in [1.165, 1.54) is 0 Å². The fourth-order valence-electron chi connectivity index (χ4n) is 3.24. The first-order valence-corrected chi connectivity index (χ1v) is 9.86. The number of nitrogens with zero attached hydrogens (tertiary/aromatic N) is 2. The fraction of sp³-hybridized carbons (Fsp3) is 0.0769. The van der Waals surface area contributed by atoms with Gasteiger partial charge in [-0.3, -0.25) is 4.79 Å². The van der Waals surface area contributed by atoms with Crippen LogP contribution in [0.15, 0.2) is 85.1 Å². The summed E-state index contributed by atoms with van der Waals surface area (Å²) < 4.78 is 0. The van der Waals surface area contributed by atoms with E-state index in [1.807, 2.05) is 66.7 Å². The smallest absolute Gasteiger partial charge is 0.252 e. The topological polar surface area (TPSA) is 72.0 Å². The molecule has 4 rings (SSSR count). The molecule has 1 amide bonds. The molecule has 5 heteroatoms. The second kappa shape index (κ2) is 9.47. The highest BCUT2D eigenvalue weighted by Crippen LogP contribution is 2.18. The summed E-state index contributed by atoms with van der Waals surface area (Å²) in [4.78, 5) is 33.4. The van der Waals surface area contributed by atoms with Crippen LogP contribution in [0.5, 0.6) is 0 Å². The van der Waals surface area contributed by atoms with Gasteiger partial charge in [0.1, 0.15) is 17.7 Å². The van der Waals surface area contributed by atoms with E-state index in [0.717, 1.165) is 11.8 Å². The van der Waals surface area contributed by atoms with Crippen molar-refractivity contribution in [3.63, 3.8) is 0 Å². The number of carbonyl (C=O) groups is 2. The van der Waals surface area contributed by atoms with Crippen molar-refractivity contribution in [2.24, 2.45) is 0 Å². The molecule has 0 spiro atoms. The van der Waals surface area contributed by atoms with Crippen LogP contribution in [0.25, 0.3) is 10.9 Å². The number of nitrogens with one attached hydrogen (secondary N) is 1. The Labute approximate surface area is 180 Å². The van der Waals surface area contributed by atoms with Crippen LogP contribution < -0.4 is 5.32 Å². The lowest BCUT2D eigenvalue weighted by atomic mass is 10.0. The highest BCUT2D eigenvalue weighted by molar-refractivity contribution is 6.07. The molecule has 0 aliphatic carbocycles. The van der Waals surface area contributed by atoms with Gasteiger partial charge in [0.05, 0.1) is 17.1 Å². The number of carbonyl (C=O) groups excluding carboxylic acids is 2. The third kappa shape index (κ3) is 5.01. The van der Waals surface area contributed by atoms with Crippen molar-refractivity contribution in [3.8, 4) is 11.8 Å². The molecule has 2 aromatic heterocycles. The van der Waals surface area contributed by atoms with Crippen LogP contribution in [0.4, 0.5) is 0 Å². The summed E-state index contributed by atoms with van der Waals surface area (Å²) in [5.41, 5.74) is 3.14. The maximum Gasteiger partial charge on any atom is 0.252 e. The van der Waals surface area contributed by atoms with Gasteiger partial charge in [0.25, 0.3) is 5.91 Å². The van der Waals surface area contributed by atoms with Crippen molar-refractivity contribution in [1.29, 1.82) is 0 Å².